The quantitative estimate of drug-likeness (QED) is 0.434. The second-order valence-electron chi connectivity index (χ2n) is 7.60. The van der Waals surface area contributed by atoms with Crippen molar-refractivity contribution in [1.29, 1.82) is 0 Å². The van der Waals surface area contributed by atoms with Crippen LogP contribution in [0.25, 0.3) is 0 Å². The summed E-state index contributed by atoms with van der Waals surface area (Å²) in [6.45, 7) is 1.53. The molecule has 1 amide bonds. The van der Waals surface area contributed by atoms with Crippen molar-refractivity contribution in [2.45, 2.75) is 19.1 Å². The minimum Gasteiger partial charge on any atom is -0.484 e. The van der Waals surface area contributed by atoms with Gasteiger partial charge < -0.3 is 9.84 Å². The third-order valence-electron chi connectivity index (χ3n) is 5.22. The molecule has 9 heteroatoms. The number of carbonyl (C=O) groups is 1. The Morgan fingerprint density at radius 1 is 1.09 bits per heavy atom. The molecular weight excluding hydrogens is 490 g/mol. The van der Waals surface area contributed by atoms with Gasteiger partial charge in [-0.25, -0.2) is 4.39 Å². The summed E-state index contributed by atoms with van der Waals surface area (Å²) in [4.78, 5) is 13.1. The minimum absolute atomic E-state index is 0.00582. The minimum atomic E-state index is -2.05. The van der Waals surface area contributed by atoms with E-state index in [-0.39, 0.29) is 22.0 Å². The van der Waals surface area contributed by atoms with Crippen LogP contribution in [0.4, 0.5) is 4.39 Å². The number of hydrogen-bond acceptors (Lipinski definition) is 4. The first-order valence-electron chi connectivity index (χ1n) is 9.91. The molecule has 3 aromatic rings. The standard InChI is InChI=1S/C24H18Cl3FN2O3/c1-14-2-8-17(9-3-14)33-13-23(31)30-24(32,18-10-21(28)20(27)11-19(18)26)12-22(29-30)15-4-6-16(25)7-5-15/h2-11,32H,12-13H2,1H3. The molecule has 0 saturated carbocycles. The summed E-state index contributed by atoms with van der Waals surface area (Å²) in [6.07, 6.45) is -0.133. The van der Waals surface area contributed by atoms with Crippen molar-refractivity contribution in [3.05, 3.63) is 98.2 Å². The van der Waals surface area contributed by atoms with E-state index in [1.807, 2.05) is 19.1 Å². The molecule has 170 valence electrons. The Kier molecular flexibility index (Phi) is 6.64. The lowest BCUT2D eigenvalue weighted by atomic mass is 9.94. The molecule has 33 heavy (non-hydrogen) atoms. The molecule has 0 aromatic heterocycles. The number of aryl methyl sites for hydroxylation is 1. The zero-order valence-corrected chi connectivity index (χ0v) is 19.6. The van der Waals surface area contributed by atoms with E-state index in [1.54, 1.807) is 36.4 Å². The van der Waals surface area contributed by atoms with E-state index in [0.29, 0.717) is 22.0 Å². The first-order chi connectivity index (χ1) is 15.7. The Morgan fingerprint density at radius 3 is 2.42 bits per heavy atom. The molecule has 0 fully saturated rings. The highest BCUT2D eigenvalue weighted by atomic mass is 35.5. The van der Waals surface area contributed by atoms with Crippen LogP contribution < -0.4 is 4.74 Å². The van der Waals surface area contributed by atoms with Crippen LogP contribution in [0.2, 0.25) is 15.1 Å². The first-order valence-corrected chi connectivity index (χ1v) is 11.0. The van der Waals surface area contributed by atoms with Crippen molar-refractivity contribution >= 4 is 46.4 Å². The SMILES string of the molecule is Cc1ccc(OCC(=O)N2N=C(c3ccc(Cl)cc3)CC2(O)c2cc(F)c(Cl)cc2Cl)cc1. The second kappa shape index (κ2) is 9.31. The van der Waals surface area contributed by atoms with Crippen LogP contribution in [-0.2, 0) is 10.5 Å². The number of nitrogens with zero attached hydrogens (tertiary/aromatic N) is 2. The van der Waals surface area contributed by atoms with Gasteiger partial charge in [0, 0.05) is 17.0 Å². The van der Waals surface area contributed by atoms with E-state index in [9.17, 15) is 14.3 Å². The summed E-state index contributed by atoms with van der Waals surface area (Å²) in [7, 11) is 0. The molecular formula is C24H18Cl3FN2O3. The molecule has 0 spiro atoms. The molecule has 3 aromatic carbocycles. The van der Waals surface area contributed by atoms with Gasteiger partial charge in [-0.1, -0.05) is 64.6 Å². The van der Waals surface area contributed by atoms with Gasteiger partial charge in [0.25, 0.3) is 5.91 Å². The fourth-order valence-corrected chi connectivity index (χ4v) is 4.15. The highest BCUT2D eigenvalue weighted by molar-refractivity contribution is 6.35. The Hall–Kier alpha value is -2.64. The number of rotatable bonds is 5. The van der Waals surface area contributed by atoms with Gasteiger partial charge >= 0.3 is 0 Å². The smallest absolute Gasteiger partial charge is 0.283 e. The average Bonchev–Trinajstić information content (AvgIpc) is 3.14. The number of aliphatic hydroxyl groups is 1. The van der Waals surface area contributed by atoms with Crippen LogP contribution in [0.3, 0.4) is 0 Å². The lowest BCUT2D eigenvalue weighted by Crippen LogP contribution is -2.45. The summed E-state index contributed by atoms with van der Waals surface area (Å²) in [6, 6.07) is 16.1. The summed E-state index contributed by atoms with van der Waals surface area (Å²) in [5.74, 6) is -0.949. The van der Waals surface area contributed by atoms with Crippen molar-refractivity contribution in [3.8, 4) is 5.75 Å². The van der Waals surface area contributed by atoms with E-state index in [2.05, 4.69) is 5.10 Å². The molecule has 1 heterocycles. The van der Waals surface area contributed by atoms with Gasteiger partial charge in [0.1, 0.15) is 11.6 Å². The zero-order valence-electron chi connectivity index (χ0n) is 17.4. The summed E-state index contributed by atoms with van der Waals surface area (Å²) < 4.78 is 19.9. The molecule has 0 saturated heterocycles. The zero-order chi connectivity index (χ0) is 23.8. The molecule has 4 rings (SSSR count). The molecule has 0 radical (unpaired) electrons. The lowest BCUT2D eigenvalue weighted by Gasteiger charge is -2.32. The van der Waals surface area contributed by atoms with E-state index in [4.69, 9.17) is 39.5 Å². The highest BCUT2D eigenvalue weighted by Gasteiger charge is 2.47. The number of amides is 1. The average molecular weight is 508 g/mol. The van der Waals surface area contributed by atoms with Crippen LogP contribution in [0.5, 0.6) is 5.75 Å². The van der Waals surface area contributed by atoms with E-state index in [1.165, 1.54) is 6.07 Å². The molecule has 1 unspecified atom stereocenters. The molecule has 5 nitrogen and oxygen atoms in total. The predicted octanol–water partition coefficient (Wildman–Crippen LogP) is 5.96. The maximum Gasteiger partial charge on any atom is 0.283 e. The third kappa shape index (κ3) is 4.84. The Labute approximate surface area is 204 Å². The number of ether oxygens (including phenoxy) is 1. The number of carbonyl (C=O) groups excluding carboxylic acids is 1. The lowest BCUT2D eigenvalue weighted by molar-refractivity contribution is -0.159. The van der Waals surface area contributed by atoms with E-state index >= 15 is 0 Å². The van der Waals surface area contributed by atoms with Crippen molar-refractivity contribution in [2.75, 3.05) is 6.61 Å². The van der Waals surface area contributed by atoms with Crippen LogP contribution in [-0.4, -0.2) is 28.3 Å². The topological polar surface area (TPSA) is 62.1 Å². The normalized spacial score (nSPS) is 17.8. The maximum absolute atomic E-state index is 14.3. The van der Waals surface area contributed by atoms with Crippen molar-refractivity contribution in [3.63, 3.8) is 0 Å². The third-order valence-corrected chi connectivity index (χ3v) is 6.08. The predicted molar refractivity (Wildman–Crippen MR) is 126 cm³/mol. The number of halogens is 4. The van der Waals surface area contributed by atoms with Crippen molar-refractivity contribution in [1.82, 2.24) is 5.01 Å². The summed E-state index contributed by atoms with van der Waals surface area (Å²) in [5, 5.41) is 17.2. The second-order valence-corrected chi connectivity index (χ2v) is 8.85. The largest absolute Gasteiger partial charge is 0.484 e. The summed E-state index contributed by atoms with van der Waals surface area (Å²) >= 11 is 18.1. The van der Waals surface area contributed by atoms with Crippen LogP contribution in [0.15, 0.2) is 65.8 Å². The first kappa shape index (κ1) is 23.5. The van der Waals surface area contributed by atoms with Gasteiger partial charge in [0.2, 0.25) is 0 Å². The molecule has 0 bridgehead atoms. The van der Waals surface area contributed by atoms with Crippen molar-refractivity contribution in [2.24, 2.45) is 5.10 Å². The molecule has 1 N–H and O–H groups in total. The summed E-state index contributed by atoms with van der Waals surface area (Å²) in [5.41, 5.74) is -0.0188. The van der Waals surface area contributed by atoms with E-state index in [0.717, 1.165) is 16.6 Å². The van der Waals surface area contributed by atoms with Crippen LogP contribution in [0.1, 0.15) is 23.1 Å². The fraction of sp³-hybridized carbons (Fsp3) is 0.167. The highest BCUT2D eigenvalue weighted by Crippen LogP contribution is 2.41. The molecule has 1 atom stereocenters. The molecule has 0 aliphatic carbocycles. The Morgan fingerprint density at radius 2 is 1.76 bits per heavy atom. The Balaban J connectivity index is 1.69. The van der Waals surface area contributed by atoms with Crippen LogP contribution in [0, 0.1) is 12.7 Å². The van der Waals surface area contributed by atoms with Gasteiger partial charge in [-0.15, -0.1) is 0 Å². The van der Waals surface area contributed by atoms with E-state index < -0.39 is 24.1 Å². The van der Waals surface area contributed by atoms with Gasteiger partial charge in [-0.05, 0) is 48.9 Å². The molecule has 1 aliphatic rings. The molecule has 1 aliphatic heterocycles. The van der Waals surface area contributed by atoms with Gasteiger partial charge in [0.05, 0.1) is 15.8 Å². The Bertz CT molecular complexity index is 1230. The van der Waals surface area contributed by atoms with Gasteiger partial charge in [-0.2, -0.15) is 10.1 Å². The number of hydrogen-bond donors (Lipinski definition) is 1. The van der Waals surface area contributed by atoms with Gasteiger partial charge in [-0.3, -0.25) is 4.79 Å². The number of hydrazone groups is 1. The number of benzene rings is 3. The van der Waals surface area contributed by atoms with Crippen molar-refractivity contribution < 1.29 is 19.0 Å². The van der Waals surface area contributed by atoms with Crippen LogP contribution >= 0.6 is 34.8 Å². The maximum atomic E-state index is 14.3. The van der Waals surface area contributed by atoms with Gasteiger partial charge in [0.15, 0.2) is 12.3 Å². The fourth-order valence-electron chi connectivity index (χ4n) is 3.49. The monoisotopic (exact) mass is 506 g/mol.